The van der Waals surface area contributed by atoms with Gasteiger partial charge in [0.25, 0.3) is 5.91 Å². The van der Waals surface area contributed by atoms with E-state index < -0.39 is 0 Å². The molecular formula is C13H14N4O. The fraction of sp³-hybridized carbons (Fsp3) is 0.154. The summed E-state index contributed by atoms with van der Waals surface area (Å²) in [7, 11) is 1.75. The van der Waals surface area contributed by atoms with Crippen molar-refractivity contribution in [1.29, 1.82) is 0 Å². The van der Waals surface area contributed by atoms with Gasteiger partial charge in [-0.2, -0.15) is 0 Å². The number of hydrogen-bond acceptors (Lipinski definition) is 4. The van der Waals surface area contributed by atoms with Gasteiger partial charge in [-0.05, 0) is 18.6 Å². The summed E-state index contributed by atoms with van der Waals surface area (Å²) < 4.78 is 0. The van der Waals surface area contributed by atoms with Crippen molar-refractivity contribution < 1.29 is 4.79 Å². The highest BCUT2D eigenvalue weighted by Crippen LogP contribution is 2.14. The van der Waals surface area contributed by atoms with E-state index in [1.165, 1.54) is 12.4 Å². The monoisotopic (exact) mass is 242 g/mol. The number of amides is 1. The SMILES string of the molecule is CNc1cnc(C(=O)Nc2ccccc2C)cn1. The van der Waals surface area contributed by atoms with Crippen molar-refractivity contribution in [2.24, 2.45) is 0 Å². The zero-order valence-electron chi connectivity index (χ0n) is 10.3. The molecule has 2 aromatic rings. The van der Waals surface area contributed by atoms with E-state index in [1.54, 1.807) is 7.05 Å². The number of anilines is 2. The van der Waals surface area contributed by atoms with E-state index in [1.807, 2.05) is 31.2 Å². The third-order valence-electron chi connectivity index (χ3n) is 2.53. The van der Waals surface area contributed by atoms with Crippen molar-refractivity contribution in [1.82, 2.24) is 9.97 Å². The molecule has 5 heteroatoms. The van der Waals surface area contributed by atoms with Crippen LogP contribution < -0.4 is 10.6 Å². The largest absolute Gasteiger partial charge is 0.372 e. The summed E-state index contributed by atoms with van der Waals surface area (Å²) in [6.07, 6.45) is 2.96. The van der Waals surface area contributed by atoms with E-state index in [0.717, 1.165) is 11.3 Å². The molecule has 1 aromatic carbocycles. The number of rotatable bonds is 3. The minimum Gasteiger partial charge on any atom is -0.372 e. The third kappa shape index (κ3) is 2.63. The van der Waals surface area contributed by atoms with Gasteiger partial charge in [0.1, 0.15) is 11.5 Å². The van der Waals surface area contributed by atoms with E-state index in [4.69, 9.17) is 0 Å². The third-order valence-corrected chi connectivity index (χ3v) is 2.53. The molecule has 0 fully saturated rings. The summed E-state index contributed by atoms with van der Waals surface area (Å²) in [5, 5.41) is 5.65. The van der Waals surface area contributed by atoms with Gasteiger partial charge in [-0.25, -0.2) is 9.97 Å². The van der Waals surface area contributed by atoms with Gasteiger partial charge in [0.15, 0.2) is 0 Å². The molecule has 1 heterocycles. The van der Waals surface area contributed by atoms with E-state index in [2.05, 4.69) is 20.6 Å². The van der Waals surface area contributed by atoms with E-state index in [-0.39, 0.29) is 11.6 Å². The van der Waals surface area contributed by atoms with Crippen LogP contribution in [0.1, 0.15) is 16.1 Å². The van der Waals surface area contributed by atoms with Crippen LogP contribution in [0.2, 0.25) is 0 Å². The van der Waals surface area contributed by atoms with E-state index >= 15 is 0 Å². The van der Waals surface area contributed by atoms with Crippen LogP contribution in [0.25, 0.3) is 0 Å². The highest BCUT2D eigenvalue weighted by atomic mass is 16.1. The summed E-state index contributed by atoms with van der Waals surface area (Å²) in [6.45, 7) is 1.94. The molecule has 1 amide bonds. The maximum Gasteiger partial charge on any atom is 0.275 e. The number of hydrogen-bond donors (Lipinski definition) is 2. The smallest absolute Gasteiger partial charge is 0.275 e. The summed E-state index contributed by atoms with van der Waals surface area (Å²) in [4.78, 5) is 20.0. The van der Waals surface area contributed by atoms with Crippen LogP contribution in [0, 0.1) is 6.92 Å². The molecule has 0 aliphatic carbocycles. The lowest BCUT2D eigenvalue weighted by Crippen LogP contribution is -2.14. The number of para-hydroxylation sites is 1. The molecule has 0 aliphatic heterocycles. The second-order valence-corrected chi connectivity index (χ2v) is 3.81. The lowest BCUT2D eigenvalue weighted by atomic mass is 10.2. The minimum absolute atomic E-state index is 0.264. The molecule has 2 N–H and O–H groups in total. The minimum atomic E-state index is -0.264. The van der Waals surface area contributed by atoms with Gasteiger partial charge in [-0.1, -0.05) is 18.2 Å². The van der Waals surface area contributed by atoms with Crippen LogP contribution in [0.3, 0.4) is 0 Å². The van der Waals surface area contributed by atoms with Gasteiger partial charge in [-0.15, -0.1) is 0 Å². The molecule has 2 rings (SSSR count). The fourth-order valence-corrected chi connectivity index (χ4v) is 1.47. The Balaban J connectivity index is 2.14. The fourth-order valence-electron chi connectivity index (χ4n) is 1.47. The van der Waals surface area contributed by atoms with Crippen LogP contribution in [0.4, 0.5) is 11.5 Å². The average molecular weight is 242 g/mol. The molecule has 92 valence electrons. The highest BCUT2D eigenvalue weighted by Gasteiger charge is 2.09. The first-order valence-corrected chi connectivity index (χ1v) is 5.57. The molecule has 0 saturated carbocycles. The van der Waals surface area contributed by atoms with Crippen LogP contribution in [0.15, 0.2) is 36.7 Å². The molecule has 0 aliphatic rings. The zero-order chi connectivity index (χ0) is 13.0. The van der Waals surface area contributed by atoms with Crippen LogP contribution in [0.5, 0.6) is 0 Å². The lowest BCUT2D eigenvalue weighted by molar-refractivity contribution is 0.102. The Kier molecular flexibility index (Phi) is 3.52. The Hall–Kier alpha value is -2.43. The van der Waals surface area contributed by atoms with Crippen molar-refractivity contribution >= 4 is 17.4 Å². The average Bonchev–Trinajstić information content (AvgIpc) is 2.41. The molecule has 0 saturated heterocycles. The van der Waals surface area contributed by atoms with Gasteiger partial charge in [0, 0.05) is 12.7 Å². The predicted molar refractivity (Wildman–Crippen MR) is 70.7 cm³/mol. The Morgan fingerprint density at radius 3 is 2.56 bits per heavy atom. The van der Waals surface area contributed by atoms with E-state index in [9.17, 15) is 4.79 Å². The number of aromatic nitrogens is 2. The van der Waals surface area contributed by atoms with Gasteiger partial charge >= 0.3 is 0 Å². The molecule has 5 nitrogen and oxygen atoms in total. The molecular weight excluding hydrogens is 228 g/mol. The van der Waals surface area contributed by atoms with Gasteiger partial charge in [0.2, 0.25) is 0 Å². The van der Waals surface area contributed by atoms with Crippen molar-refractivity contribution in [3.05, 3.63) is 47.9 Å². The van der Waals surface area contributed by atoms with Crippen molar-refractivity contribution in [3.63, 3.8) is 0 Å². The molecule has 0 unspecified atom stereocenters. The molecule has 0 atom stereocenters. The molecule has 18 heavy (non-hydrogen) atoms. The highest BCUT2D eigenvalue weighted by molar-refractivity contribution is 6.03. The lowest BCUT2D eigenvalue weighted by Gasteiger charge is -2.07. The van der Waals surface area contributed by atoms with Crippen LogP contribution in [-0.4, -0.2) is 22.9 Å². The number of nitrogens with one attached hydrogen (secondary N) is 2. The molecule has 0 radical (unpaired) electrons. The van der Waals surface area contributed by atoms with Crippen molar-refractivity contribution in [2.45, 2.75) is 6.92 Å². The maximum absolute atomic E-state index is 11.9. The number of carbonyl (C=O) groups excluding carboxylic acids is 1. The zero-order valence-corrected chi connectivity index (χ0v) is 10.3. The van der Waals surface area contributed by atoms with Crippen LogP contribution >= 0.6 is 0 Å². The summed E-state index contributed by atoms with van der Waals surface area (Å²) in [5.74, 6) is 0.363. The number of aryl methyl sites for hydroxylation is 1. The molecule has 0 spiro atoms. The van der Waals surface area contributed by atoms with Crippen molar-refractivity contribution in [2.75, 3.05) is 17.7 Å². The Morgan fingerprint density at radius 2 is 1.94 bits per heavy atom. The second-order valence-electron chi connectivity index (χ2n) is 3.81. The summed E-state index contributed by atoms with van der Waals surface area (Å²) in [5.41, 5.74) is 2.07. The number of benzene rings is 1. The normalized spacial score (nSPS) is 9.89. The first-order valence-electron chi connectivity index (χ1n) is 5.57. The first kappa shape index (κ1) is 12.0. The summed E-state index contributed by atoms with van der Waals surface area (Å²) in [6, 6.07) is 7.58. The quantitative estimate of drug-likeness (QED) is 0.864. The first-order chi connectivity index (χ1) is 8.70. The maximum atomic E-state index is 11.9. The van der Waals surface area contributed by atoms with Gasteiger partial charge < -0.3 is 10.6 Å². The molecule has 0 bridgehead atoms. The van der Waals surface area contributed by atoms with Gasteiger partial charge in [0.05, 0.1) is 12.4 Å². The Labute approximate surface area is 105 Å². The Bertz CT molecular complexity index is 551. The number of carbonyl (C=O) groups is 1. The van der Waals surface area contributed by atoms with Gasteiger partial charge in [-0.3, -0.25) is 4.79 Å². The Morgan fingerprint density at radius 1 is 1.17 bits per heavy atom. The predicted octanol–water partition coefficient (Wildman–Crippen LogP) is 2.08. The summed E-state index contributed by atoms with van der Waals surface area (Å²) >= 11 is 0. The number of nitrogens with zero attached hydrogens (tertiary/aromatic N) is 2. The molecule has 1 aromatic heterocycles. The van der Waals surface area contributed by atoms with Crippen LogP contribution in [-0.2, 0) is 0 Å². The second kappa shape index (κ2) is 5.27. The standard InChI is InChI=1S/C13H14N4O/c1-9-5-3-4-6-10(9)17-13(18)11-7-16-12(14-2)8-15-11/h3-8H,1-2H3,(H,14,16)(H,17,18). The topological polar surface area (TPSA) is 66.9 Å². The van der Waals surface area contributed by atoms with E-state index in [0.29, 0.717) is 5.82 Å². The van der Waals surface area contributed by atoms with Crippen molar-refractivity contribution in [3.8, 4) is 0 Å².